The molecular weight excluding hydrogens is 244 g/mol. The minimum atomic E-state index is -0.346. The maximum atomic E-state index is 11.9. The van der Waals surface area contributed by atoms with Gasteiger partial charge < -0.3 is 9.47 Å². The number of epoxide rings is 1. The van der Waals surface area contributed by atoms with Gasteiger partial charge in [-0.3, -0.25) is 4.79 Å². The number of hydrogen-bond donors (Lipinski definition) is 0. The molecule has 4 atom stereocenters. The SMILES string of the molecule is C=C1CC[C@H]2C(=C)C(=O)O[C@@H]2[C@@H]2O[C@]2(C)CCC1=O. The van der Waals surface area contributed by atoms with Gasteiger partial charge >= 0.3 is 5.97 Å². The van der Waals surface area contributed by atoms with Crippen molar-refractivity contribution in [3.63, 3.8) is 0 Å². The molecule has 0 N–H and O–H groups in total. The summed E-state index contributed by atoms with van der Waals surface area (Å²) in [5.41, 5.74) is 0.790. The lowest BCUT2D eigenvalue weighted by Gasteiger charge is -2.19. The minimum absolute atomic E-state index is 0.0537. The highest BCUT2D eigenvalue weighted by Crippen LogP contribution is 2.49. The van der Waals surface area contributed by atoms with E-state index >= 15 is 0 Å². The van der Waals surface area contributed by atoms with Crippen molar-refractivity contribution in [3.8, 4) is 0 Å². The van der Waals surface area contributed by atoms with Gasteiger partial charge in [0.05, 0.1) is 5.60 Å². The summed E-state index contributed by atoms with van der Waals surface area (Å²) in [7, 11) is 0. The van der Waals surface area contributed by atoms with Crippen LogP contribution in [0.1, 0.15) is 32.6 Å². The molecule has 4 nitrogen and oxygen atoms in total. The third-order valence-electron chi connectivity index (χ3n) is 4.59. The quantitative estimate of drug-likeness (QED) is 0.380. The molecule has 0 bridgehead atoms. The third-order valence-corrected chi connectivity index (χ3v) is 4.59. The lowest BCUT2D eigenvalue weighted by molar-refractivity contribution is -0.140. The van der Waals surface area contributed by atoms with Gasteiger partial charge in [0.1, 0.15) is 12.2 Å². The molecule has 102 valence electrons. The van der Waals surface area contributed by atoms with Gasteiger partial charge in [0.15, 0.2) is 5.78 Å². The second kappa shape index (κ2) is 4.04. The Labute approximate surface area is 112 Å². The lowest BCUT2D eigenvalue weighted by atomic mass is 9.83. The van der Waals surface area contributed by atoms with Crippen LogP contribution in [0.15, 0.2) is 24.3 Å². The topological polar surface area (TPSA) is 55.9 Å². The van der Waals surface area contributed by atoms with Crippen LogP contribution in [0.4, 0.5) is 0 Å². The molecule has 1 saturated carbocycles. The number of carbonyl (C=O) groups is 2. The van der Waals surface area contributed by atoms with Crippen LogP contribution in [0.5, 0.6) is 0 Å². The molecule has 0 amide bonds. The van der Waals surface area contributed by atoms with Gasteiger partial charge in [-0.1, -0.05) is 13.2 Å². The van der Waals surface area contributed by atoms with E-state index in [0.29, 0.717) is 36.8 Å². The molecule has 2 saturated heterocycles. The first-order valence-corrected chi connectivity index (χ1v) is 6.71. The molecule has 1 aliphatic carbocycles. The van der Waals surface area contributed by atoms with Gasteiger partial charge in [0.25, 0.3) is 0 Å². The van der Waals surface area contributed by atoms with Gasteiger partial charge in [-0.25, -0.2) is 4.79 Å². The van der Waals surface area contributed by atoms with Crippen LogP contribution < -0.4 is 0 Å². The fourth-order valence-electron chi connectivity index (χ4n) is 3.12. The average molecular weight is 262 g/mol. The van der Waals surface area contributed by atoms with Gasteiger partial charge in [-0.05, 0) is 31.8 Å². The van der Waals surface area contributed by atoms with E-state index in [1.165, 1.54) is 0 Å². The molecule has 2 aliphatic heterocycles. The van der Waals surface area contributed by atoms with Crippen LogP contribution in [0.3, 0.4) is 0 Å². The highest BCUT2D eigenvalue weighted by Gasteiger charge is 2.61. The van der Waals surface area contributed by atoms with Crippen molar-refractivity contribution in [3.05, 3.63) is 24.3 Å². The number of hydrogen-bond acceptors (Lipinski definition) is 4. The molecule has 4 heteroatoms. The van der Waals surface area contributed by atoms with Crippen LogP contribution >= 0.6 is 0 Å². The normalized spacial score (nSPS) is 42.5. The molecule has 19 heavy (non-hydrogen) atoms. The van der Waals surface area contributed by atoms with Crippen molar-refractivity contribution in [2.24, 2.45) is 5.92 Å². The lowest BCUT2D eigenvalue weighted by Crippen LogP contribution is -2.30. The van der Waals surface area contributed by atoms with Crippen molar-refractivity contribution >= 4 is 11.8 Å². The number of ketones is 1. The number of carbonyl (C=O) groups excluding carboxylic acids is 2. The van der Waals surface area contributed by atoms with Crippen molar-refractivity contribution in [1.29, 1.82) is 0 Å². The average Bonchev–Trinajstić information content (AvgIpc) is 2.96. The van der Waals surface area contributed by atoms with E-state index < -0.39 is 0 Å². The summed E-state index contributed by atoms with van der Waals surface area (Å²) < 4.78 is 11.1. The molecule has 3 rings (SSSR count). The molecule has 0 unspecified atom stereocenters. The Kier molecular flexibility index (Phi) is 2.68. The first-order valence-electron chi connectivity index (χ1n) is 6.71. The third kappa shape index (κ3) is 1.94. The summed E-state index contributed by atoms with van der Waals surface area (Å²) in [4.78, 5) is 23.6. The fourth-order valence-corrected chi connectivity index (χ4v) is 3.12. The number of allylic oxidation sites excluding steroid dienone is 1. The molecule has 0 spiro atoms. The number of esters is 1. The van der Waals surface area contributed by atoms with E-state index in [4.69, 9.17) is 9.47 Å². The smallest absolute Gasteiger partial charge is 0.334 e. The number of fused-ring (bicyclic) bond motifs is 3. The van der Waals surface area contributed by atoms with E-state index in [9.17, 15) is 9.59 Å². The Morgan fingerprint density at radius 2 is 2.00 bits per heavy atom. The molecule has 0 aromatic rings. The summed E-state index contributed by atoms with van der Waals surface area (Å²) >= 11 is 0. The zero-order valence-corrected chi connectivity index (χ0v) is 11.1. The van der Waals surface area contributed by atoms with Gasteiger partial charge in [-0.2, -0.15) is 0 Å². The Morgan fingerprint density at radius 1 is 1.26 bits per heavy atom. The van der Waals surface area contributed by atoms with Crippen molar-refractivity contribution < 1.29 is 19.1 Å². The molecular formula is C15H18O4. The largest absolute Gasteiger partial charge is 0.455 e. The summed E-state index contributed by atoms with van der Waals surface area (Å²) in [6.45, 7) is 9.64. The Balaban J connectivity index is 1.87. The molecule has 2 heterocycles. The predicted molar refractivity (Wildman–Crippen MR) is 68.4 cm³/mol. The van der Waals surface area contributed by atoms with E-state index in [0.717, 1.165) is 0 Å². The van der Waals surface area contributed by atoms with Crippen molar-refractivity contribution in [2.45, 2.75) is 50.4 Å². The Bertz CT molecular complexity index is 492. The maximum Gasteiger partial charge on any atom is 0.334 e. The summed E-state index contributed by atoms with van der Waals surface area (Å²) in [5, 5.41) is 0. The van der Waals surface area contributed by atoms with Gasteiger partial charge in [0.2, 0.25) is 0 Å². The predicted octanol–water partition coefficient (Wildman–Crippen LogP) is 1.94. The first-order chi connectivity index (χ1) is 8.92. The zero-order valence-electron chi connectivity index (χ0n) is 11.1. The van der Waals surface area contributed by atoms with E-state index in [1.807, 2.05) is 6.92 Å². The van der Waals surface area contributed by atoms with Crippen LogP contribution in [0.2, 0.25) is 0 Å². The van der Waals surface area contributed by atoms with Gasteiger partial charge in [-0.15, -0.1) is 0 Å². The van der Waals surface area contributed by atoms with Crippen LogP contribution in [0.25, 0.3) is 0 Å². The van der Waals surface area contributed by atoms with E-state index in [1.54, 1.807) is 0 Å². The second-order valence-electron chi connectivity index (χ2n) is 5.92. The Morgan fingerprint density at radius 3 is 2.74 bits per heavy atom. The van der Waals surface area contributed by atoms with Crippen LogP contribution in [0, 0.1) is 5.92 Å². The monoisotopic (exact) mass is 262 g/mol. The Hall–Kier alpha value is -1.42. The standard InChI is InChI=1S/C15H18O4/c1-8-4-5-10-9(2)14(17)18-12(10)13-15(3,19-13)7-6-11(8)16/h10,12-13H,1-2,4-7H2,3H3/t10-,12-,13-,15+/m0/s1. The highest BCUT2D eigenvalue weighted by atomic mass is 16.6. The second-order valence-corrected chi connectivity index (χ2v) is 5.92. The molecule has 0 aromatic carbocycles. The van der Waals surface area contributed by atoms with Gasteiger partial charge in [0, 0.05) is 17.9 Å². The molecule has 3 aliphatic rings. The molecule has 0 radical (unpaired) electrons. The first kappa shape index (κ1) is 12.6. The van der Waals surface area contributed by atoms with Crippen LogP contribution in [-0.2, 0) is 19.1 Å². The molecule has 3 fully saturated rings. The minimum Gasteiger partial charge on any atom is -0.455 e. The molecule has 0 aromatic heterocycles. The fraction of sp³-hybridized carbons (Fsp3) is 0.600. The summed E-state index contributed by atoms with van der Waals surface area (Å²) in [6.07, 6.45) is 2.04. The summed E-state index contributed by atoms with van der Waals surface area (Å²) in [5.74, 6) is -0.282. The van der Waals surface area contributed by atoms with Crippen molar-refractivity contribution in [1.82, 2.24) is 0 Å². The maximum absolute atomic E-state index is 11.9. The number of ether oxygens (including phenoxy) is 2. The van der Waals surface area contributed by atoms with E-state index in [2.05, 4.69) is 13.2 Å². The van der Waals surface area contributed by atoms with E-state index in [-0.39, 0.29) is 35.5 Å². The number of rotatable bonds is 0. The number of Topliss-reactive ketones (excluding diaryl/α,β-unsaturated/α-hetero) is 1. The highest BCUT2D eigenvalue weighted by molar-refractivity contribution is 5.95. The van der Waals surface area contributed by atoms with Crippen molar-refractivity contribution in [2.75, 3.05) is 0 Å². The summed E-state index contributed by atoms with van der Waals surface area (Å²) in [6, 6.07) is 0. The zero-order chi connectivity index (χ0) is 13.8. The van der Waals surface area contributed by atoms with Crippen LogP contribution in [-0.4, -0.2) is 29.6 Å².